The lowest BCUT2D eigenvalue weighted by Gasteiger charge is -2.28. The van der Waals surface area contributed by atoms with E-state index >= 15 is 0 Å². The summed E-state index contributed by atoms with van der Waals surface area (Å²) in [6, 6.07) is 14.3. The number of hydrogen-bond donors (Lipinski definition) is 0. The third kappa shape index (κ3) is 6.25. The van der Waals surface area contributed by atoms with Gasteiger partial charge in [-0.3, -0.25) is 0 Å². The van der Waals surface area contributed by atoms with E-state index < -0.39 is 4.87 Å². The van der Waals surface area contributed by atoms with Crippen molar-refractivity contribution in [1.82, 2.24) is 0 Å². The second-order valence-electron chi connectivity index (χ2n) is 8.40. The summed E-state index contributed by atoms with van der Waals surface area (Å²) in [5.41, 5.74) is 5.42. The Balaban J connectivity index is 2.06. The maximum atomic E-state index is 6.74. The van der Waals surface area contributed by atoms with Crippen LogP contribution >= 0.6 is 11.6 Å². The summed E-state index contributed by atoms with van der Waals surface area (Å²) in [5.74, 6) is 1.82. The van der Waals surface area contributed by atoms with Gasteiger partial charge in [0.15, 0.2) is 0 Å². The summed E-state index contributed by atoms with van der Waals surface area (Å²) in [6.07, 6.45) is 0.866. The molecular weight excluding hydrogens is 368 g/mol. The molecule has 2 nitrogen and oxygen atoms in total. The first-order valence-corrected chi connectivity index (χ1v) is 10.7. The molecule has 0 saturated carbocycles. The van der Waals surface area contributed by atoms with E-state index in [0.717, 1.165) is 12.2 Å². The molecule has 0 saturated heterocycles. The molecule has 0 aliphatic carbocycles. The van der Waals surface area contributed by atoms with Crippen molar-refractivity contribution in [3.63, 3.8) is 0 Å². The van der Waals surface area contributed by atoms with Crippen molar-refractivity contribution in [2.45, 2.75) is 64.7 Å². The van der Waals surface area contributed by atoms with Crippen molar-refractivity contribution in [2.75, 3.05) is 19.8 Å². The van der Waals surface area contributed by atoms with Crippen LogP contribution in [0.2, 0.25) is 0 Å². The maximum Gasteiger partial charge on any atom is 0.119 e. The molecule has 28 heavy (non-hydrogen) atoms. The molecule has 0 aromatic heterocycles. The number of para-hydroxylation sites is 1. The van der Waals surface area contributed by atoms with Gasteiger partial charge in [-0.2, -0.15) is 0 Å². The largest absolute Gasteiger partial charge is 0.491 e. The molecule has 0 unspecified atom stereocenters. The van der Waals surface area contributed by atoms with Gasteiger partial charge in [0, 0.05) is 0 Å². The highest BCUT2D eigenvalue weighted by atomic mass is 35.5. The van der Waals surface area contributed by atoms with Gasteiger partial charge in [0.05, 0.1) is 18.1 Å². The Morgan fingerprint density at radius 2 is 1.54 bits per heavy atom. The van der Waals surface area contributed by atoms with Crippen LogP contribution in [0.15, 0.2) is 42.5 Å². The Kier molecular flexibility index (Phi) is 8.39. The molecule has 2 rings (SSSR count). The maximum absolute atomic E-state index is 6.74. The van der Waals surface area contributed by atoms with E-state index in [0.29, 0.717) is 31.7 Å². The molecular formula is C25H35ClO2. The highest BCUT2D eigenvalue weighted by Crippen LogP contribution is 2.38. The van der Waals surface area contributed by atoms with Gasteiger partial charge >= 0.3 is 0 Å². The number of alkyl halides is 1. The van der Waals surface area contributed by atoms with E-state index in [1.165, 1.54) is 22.3 Å². The zero-order chi connectivity index (χ0) is 20.7. The number of benzene rings is 2. The quantitative estimate of drug-likeness (QED) is 0.313. The molecule has 0 amide bonds. The first-order chi connectivity index (χ1) is 13.2. The second-order valence-corrected chi connectivity index (χ2v) is 9.35. The summed E-state index contributed by atoms with van der Waals surface area (Å²) in [4.78, 5) is -0.398. The van der Waals surface area contributed by atoms with Crippen molar-refractivity contribution < 1.29 is 9.47 Å². The number of hydrogen-bond acceptors (Lipinski definition) is 2. The van der Waals surface area contributed by atoms with E-state index in [2.05, 4.69) is 53.7 Å². The summed E-state index contributed by atoms with van der Waals surface area (Å²) in [6.45, 7) is 15.0. The SMILES string of the molecule is CC(C)c1ccc(C(C)(C)Cl)c(CCOCCOc2ccccc2)c1C(C)C. The lowest BCUT2D eigenvalue weighted by atomic mass is 9.81. The first-order valence-electron chi connectivity index (χ1n) is 10.3. The average Bonchev–Trinajstić information content (AvgIpc) is 2.63. The summed E-state index contributed by atoms with van der Waals surface area (Å²) in [7, 11) is 0. The van der Waals surface area contributed by atoms with Gasteiger partial charge in [-0.15, -0.1) is 11.6 Å². The van der Waals surface area contributed by atoms with E-state index in [9.17, 15) is 0 Å². The smallest absolute Gasteiger partial charge is 0.119 e. The van der Waals surface area contributed by atoms with E-state index in [1.807, 2.05) is 30.3 Å². The minimum absolute atomic E-state index is 0.398. The van der Waals surface area contributed by atoms with Crippen molar-refractivity contribution in [2.24, 2.45) is 0 Å². The van der Waals surface area contributed by atoms with Crippen LogP contribution in [-0.2, 0) is 16.0 Å². The second kappa shape index (κ2) is 10.3. The van der Waals surface area contributed by atoms with E-state index in [4.69, 9.17) is 21.1 Å². The van der Waals surface area contributed by atoms with Gasteiger partial charge < -0.3 is 9.47 Å². The van der Waals surface area contributed by atoms with Crippen LogP contribution in [0.4, 0.5) is 0 Å². The Hall–Kier alpha value is -1.51. The van der Waals surface area contributed by atoms with Crippen LogP contribution < -0.4 is 4.74 Å². The molecule has 2 aromatic carbocycles. The van der Waals surface area contributed by atoms with Crippen LogP contribution in [0.3, 0.4) is 0 Å². The Bertz CT molecular complexity index is 730. The molecule has 3 heteroatoms. The van der Waals surface area contributed by atoms with Gasteiger partial charge in [-0.1, -0.05) is 58.0 Å². The molecule has 0 fully saturated rings. The van der Waals surface area contributed by atoms with Crippen LogP contribution in [-0.4, -0.2) is 19.8 Å². The van der Waals surface area contributed by atoms with Crippen LogP contribution in [0.25, 0.3) is 0 Å². The normalized spacial score (nSPS) is 12.0. The highest BCUT2D eigenvalue weighted by molar-refractivity contribution is 6.23. The zero-order valence-electron chi connectivity index (χ0n) is 18.2. The molecule has 2 aromatic rings. The molecule has 0 radical (unpaired) electrons. The fourth-order valence-corrected chi connectivity index (χ4v) is 3.88. The molecule has 0 bridgehead atoms. The molecule has 0 atom stereocenters. The Morgan fingerprint density at radius 3 is 2.11 bits per heavy atom. The van der Waals surface area contributed by atoms with Crippen molar-refractivity contribution in [3.05, 3.63) is 64.7 Å². The third-order valence-electron chi connectivity index (χ3n) is 4.97. The summed E-state index contributed by atoms with van der Waals surface area (Å²) < 4.78 is 11.6. The van der Waals surface area contributed by atoms with Crippen molar-refractivity contribution in [3.8, 4) is 5.75 Å². The van der Waals surface area contributed by atoms with Gasteiger partial charge in [0.2, 0.25) is 0 Å². The minimum atomic E-state index is -0.398. The molecule has 0 aliphatic heterocycles. The third-order valence-corrected chi connectivity index (χ3v) is 5.17. The predicted octanol–water partition coefficient (Wildman–Crippen LogP) is 7.05. The van der Waals surface area contributed by atoms with Gasteiger partial charge in [0.25, 0.3) is 0 Å². The molecule has 154 valence electrons. The summed E-state index contributed by atoms with van der Waals surface area (Å²) >= 11 is 6.74. The fraction of sp³-hybridized carbons (Fsp3) is 0.520. The van der Waals surface area contributed by atoms with Crippen molar-refractivity contribution >= 4 is 11.6 Å². The Morgan fingerprint density at radius 1 is 0.857 bits per heavy atom. The van der Waals surface area contributed by atoms with Gasteiger partial charge in [-0.05, 0) is 66.5 Å². The standard InChI is InChI=1S/C25H35ClO2/c1-18(2)21-12-13-23(25(5,6)26)22(24(21)19(3)4)14-15-27-16-17-28-20-10-8-7-9-11-20/h7-13,18-19H,14-17H2,1-6H3. The molecule has 0 heterocycles. The van der Waals surface area contributed by atoms with E-state index in [-0.39, 0.29) is 0 Å². The Labute approximate surface area is 176 Å². The fourth-order valence-electron chi connectivity index (χ4n) is 3.71. The lowest BCUT2D eigenvalue weighted by Crippen LogP contribution is -2.18. The zero-order valence-corrected chi connectivity index (χ0v) is 19.0. The predicted molar refractivity (Wildman–Crippen MR) is 120 cm³/mol. The topological polar surface area (TPSA) is 18.5 Å². The lowest BCUT2D eigenvalue weighted by molar-refractivity contribution is 0.102. The summed E-state index contributed by atoms with van der Waals surface area (Å²) in [5, 5.41) is 0. The average molecular weight is 403 g/mol. The highest BCUT2D eigenvalue weighted by Gasteiger charge is 2.25. The first kappa shape index (κ1) is 22.8. The van der Waals surface area contributed by atoms with E-state index in [1.54, 1.807) is 0 Å². The molecule has 0 spiro atoms. The van der Waals surface area contributed by atoms with Crippen LogP contribution in [0.5, 0.6) is 5.75 Å². The molecule has 0 aliphatic rings. The van der Waals surface area contributed by atoms with Gasteiger partial charge in [0.1, 0.15) is 12.4 Å². The number of halogens is 1. The van der Waals surface area contributed by atoms with Crippen LogP contribution in [0.1, 0.15) is 75.6 Å². The van der Waals surface area contributed by atoms with Crippen LogP contribution in [0, 0.1) is 0 Å². The monoisotopic (exact) mass is 402 g/mol. The minimum Gasteiger partial charge on any atom is -0.491 e. The van der Waals surface area contributed by atoms with Gasteiger partial charge in [-0.25, -0.2) is 0 Å². The van der Waals surface area contributed by atoms with Crippen molar-refractivity contribution in [1.29, 1.82) is 0 Å². The molecule has 0 N–H and O–H groups in total. The number of rotatable bonds is 10. The number of ether oxygens (including phenoxy) is 2.